The molecule has 0 radical (unpaired) electrons. The molecule has 2 heterocycles. The second kappa shape index (κ2) is 4.38. The summed E-state index contributed by atoms with van der Waals surface area (Å²) in [6.45, 7) is 1.27. The molecule has 2 aliphatic heterocycles. The molecule has 0 bridgehead atoms. The molecule has 2 saturated heterocycles. The topological polar surface area (TPSA) is 71.1 Å². The fourth-order valence-electron chi connectivity index (χ4n) is 1.12. The smallest absolute Gasteiger partial charge is 0.312 e. The molecule has 82 valence electrons. The molecule has 1 atom stereocenters. The molecule has 8 heteroatoms. The van der Waals surface area contributed by atoms with Gasteiger partial charge in [-0.15, -0.1) is 0 Å². The van der Waals surface area contributed by atoms with Crippen LogP contribution in [-0.2, 0) is 27.9 Å². The summed E-state index contributed by atoms with van der Waals surface area (Å²) in [6, 6.07) is 0. The predicted octanol–water partition coefficient (Wildman–Crippen LogP) is 0.395. The summed E-state index contributed by atoms with van der Waals surface area (Å²) >= 11 is 0. The van der Waals surface area contributed by atoms with E-state index >= 15 is 0 Å². The van der Waals surface area contributed by atoms with E-state index in [-0.39, 0.29) is 12.4 Å². The van der Waals surface area contributed by atoms with Gasteiger partial charge in [0.25, 0.3) is 10.1 Å². The lowest BCUT2D eigenvalue weighted by molar-refractivity contribution is 0.0837. The predicted molar refractivity (Wildman–Crippen MR) is 48.1 cm³/mol. The van der Waals surface area contributed by atoms with Crippen molar-refractivity contribution in [2.45, 2.75) is 12.5 Å². The van der Waals surface area contributed by atoms with Crippen LogP contribution in [0.1, 0.15) is 6.42 Å². The molecule has 0 aromatic rings. The molecule has 2 rings (SSSR count). The van der Waals surface area contributed by atoms with Crippen molar-refractivity contribution in [1.29, 1.82) is 0 Å². The lowest BCUT2D eigenvalue weighted by Crippen LogP contribution is -2.17. The Hall–Kier alpha value is 0.220. The van der Waals surface area contributed by atoms with Gasteiger partial charge >= 0.3 is 8.60 Å². The van der Waals surface area contributed by atoms with Crippen molar-refractivity contribution in [3.8, 4) is 0 Å². The van der Waals surface area contributed by atoms with E-state index in [2.05, 4.69) is 4.18 Å². The maximum absolute atomic E-state index is 10.9. The van der Waals surface area contributed by atoms with Crippen LogP contribution < -0.4 is 0 Å². The van der Waals surface area contributed by atoms with Crippen LogP contribution in [-0.4, -0.2) is 40.1 Å². The summed E-state index contributed by atoms with van der Waals surface area (Å²) < 4.78 is 42.0. The van der Waals surface area contributed by atoms with Crippen LogP contribution in [0.2, 0.25) is 0 Å². The summed E-state index contributed by atoms with van der Waals surface area (Å²) in [5, 5.41) is 0. The number of hydrogen-bond acceptors (Lipinski definition) is 6. The molecule has 0 amide bonds. The van der Waals surface area contributed by atoms with Crippen molar-refractivity contribution >= 4 is 18.7 Å². The molecular weight excluding hydrogens is 231 g/mol. The summed E-state index contributed by atoms with van der Waals surface area (Å²) in [6.07, 6.45) is 0.394. The van der Waals surface area contributed by atoms with E-state index < -0.39 is 24.8 Å². The van der Waals surface area contributed by atoms with E-state index in [4.69, 9.17) is 13.6 Å². The van der Waals surface area contributed by atoms with Gasteiger partial charge in [0, 0.05) is 0 Å². The Balaban J connectivity index is 1.80. The summed E-state index contributed by atoms with van der Waals surface area (Å²) in [7, 11) is -4.74. The zero-order valence-electron chi connectivity index (χ0n) is 7.42. The number of hydrogen-bond donors (Lipinski definition) is 0. The Bertz CT molecular complexity index is 285. The minimum atomic E-state index is -3.37. The Morgan fingerprint density at radius 1 is 1.29 bits per heavy atom. The van der Waals surface area contributed by atoms with Crippen molar-refractivity contribution in [1.82, 2.24) is 0 Å². The lowest BCUT2D eigenvalue weighted by Gasteiger charge is -2.22. The van der Waals surface area contributed by atoms with Crippen LogP contribution in [0, 0.1) is 0 Å². The van der Waals surface area contributed by atoms with Crippen LogP contribution in [0.15, 0.2) is 0 Å². The zero-order chi connectivity index (χ0) is 10.0. The molecule has 0 aromatic carbocycles. The van der Waals surface area contributed by atoms with Gasteiger partial charge < -0.3 is 13.6 Å². The highest BCUT2D eigenvalue weighted by molar-refractivity contribution is 7.87. The third kappa shape index (κ3) is 2.85. The fourth-order valence-corrected chi connectivity index (χ4v) is 3.43. The van der Waals surface area contributed by atoms with E-state index in [1.165, 1.54) is 0 Å². The van der Waals surface area contributed by atoms with Gasteiger partial charge in [-0.25, -0.2) is 0 Å². The van der Waals surface area contributed by atoms with Crippen LogP contribution >= 0.6 is 8.60 Å². The normalized spacial score (nSPS) is 33.3. The van der Waals surface area contributed by atoms with Gasteiger partial charge in [-0.05, 0) is 6.42 Å². The molecule has 1 unspecified atom stereocenters. The van der Waals surface area contributed by atoms with Crippen molar-refractivity contribution < 1.29 is 26.2 Å². The van der Waals surface area contributed by atoms with Crippen LogP contribution in [0.5, 0.6) is 0 Å². The molecule has 0 aromatic heterocycles. The van der Waals surface area contributed by atoms with Gasteiger partial charge in [0.1, 0.15) is 11.9 Å². The zero-order valence-corrected chi connectivity index (χ0v) is 9.13. The molecular formula is C6H11O6PS. The Morgan fingerprint density at radius 2 is 2.00 bits per heavy atom. The van der Waals surface area contributed by atoms with Crippen LogP contribution in [0.3, 0.4) is 0 Å². The first-order valence-electron chi connectivity index (χ1n) is 4.25. The quantitative estimate of drug-likeness (QED) is 0.515. The molecule has 14 heavy (non-hydrogen) atoms. The average molecular weight is 242 g/mol. The molecule has 0 aliphatic carbocycles. The third-order valence-corrected chi connectivity index (χ3v) is 4.27. The van der Waals surface area contributed by atoms with E-state index in [1.807, 2.05) is 0 Å². The monoisotopic (exact) mass is 242 g/mol. The summed E-state index contributed by atoms with van der Waals surface area (Å²) in [5.41, 5.74) is 0. The van der Waals surface area contributed by atoms with Crippen molar-refractivity contribution in [2.24, 2.45) is 0 Å². The summed E-state index contributed by atoms with van der Waals surface area (Å²) in [5.74, 6) is -0.113. The minimum absolute atomic E-state index is 0.0634. The van der Waals surface area contributed by atoms with E-state index in [0.29, 0.717) is 13.2 Å². The third-order valence-electron chi connectivity index (χ3n) is 1.74. The highest BCUT2D eigenvalue weighted by Gasteiger charge is 2.33. The maximum Gasteiger partial charge on any atom is 0.333 e. The molecule has 0 saturated carbocycles. The standard InChI is InChI=1S/C6H11O6PS/c7-14(8)5-6(4-11-14)12-13-9-2-1-3-10-13/h6H,1-5H2. The second-order valence-corrected chi connectivity index (χ2v) is 5.84. The van der Waals surface area contributed by atoms with Crippen molar-refractivity contribution in [3.63, 3.8) is 0 Å². The van der Waals surface area contributed by atoms with Crippen molar-refractivity contribution in [3.05, 3.63) is 0 Å². The number of rotatable bonds is 2. The van der Waals surface area contributed by atoms with E-state index in [0.717, 1.165) is 6.42 Å². The average Bonchev–Trinajstić information content (AvgIpc) is 2.47. The van der Waals surface area contributed by atoms with Gasteiger partial charge in [-0.1, -0.05) is 0 Å². The van der Waals surface area contributed by atoms with Crippen LogP contribution in [0.4, 0.5) is 0 Å². The molecule has 2 fully saturated rings. The van der Waals surface area contributed by atoms with Gasteiger partial charge in [-0.2, -0.15) is 8.42 Å². The second-order valence-electron chi connectivity index (χ2n) is 2.98. The lowest BCUT2D eigenvalue weighted by atomic mass is 10.5. The molecule has 0 spiro atoms. The van der Waals surface area contributed by atoms with E-state index in [9.17, 15) is 8.42 Å². The summed E-state index contributed by atoms with van der Waals surface area (Å²) in [4.78, 5) is 0. The highest BCUT2D eigenvalue weighted by Crippen LogP contribution is 2.44. The van der Waals surface area contributed by atoms with Gasteiger partial charge in [0.2, 0.25) is 0 Å². The van der Waals surface area contributed by atoms with Gasteiger partial charge in [-0.3, -0.25) is 4.18 Å². The fraction of sp³-hybridized carbons (Fsp3) is 1.00. The van der Waals surface area contributed by atoms with Gasteiger partial charge in [0.05, 0.1) is 19.8 Å². The SMILES string of the molecule is O=S1(=O)CC(OP2OCCCO2)CO1. The first kappa shape index (κ1) is 10.7. The van der Waals surface area contributed by atoms with Crippen molar-refractivity contribution in [2.75, 3.05) is 25.6 Å². The molecule has 0 N–H and O–H groups in total. The highest BCUT2D eigenvalue weighted by atomic mass is 32.2. The molecule has 6 nitrogen and oxygen atoms in total. The Kier molecular flexibility index (Phi) is 3.36. The minimum Gasteiger partial charge on any atom is -0.312 e. The van der Waals surface area contributed by atoms with Gasteiger partial charge in [0.15, 0.2) is 0 Å². The maximum atomic E-state index is 10.9. The van der Waals surface area contributed by atoms with E-state index in [1.54, 1.807) is 0 Å². The van der Waals surface area contributed by atoms with Crippen LogP contribution in [0.25, 0.3) is 0 Å². The first-order chi connectivity index (χ1) is 6.66. The Morgan fingerprint density at radius 3 is 2.57 bits per heavy atom. The Labute approximate surface area is 83.6 Å². The molecule has 2 aliphatic rings. The first-order valence-corrected chi connectivity index (χ1v) is 6.93. The largest absolute Gasteiger partial charge is 0.333 e.